The summed E-state index contributed by atoms with van der Waals surface area (Å²) in [5.41, 5.74) is 4.82. The van der Waals surface area contributed by atoms with E-state index in [2.05, 4.69) is 5.32 Å². The second-order valence-electron chi connectivity index (χ2n) is 5.05. The van der Waals surface area contributed by atoms with Crippen LogP contribution in [-0.2, 0) is 10.9 Å². The van der Waals surface area contributed by atoms with Gasteiger partial charge < -0.3 is 15.8 Å². The standard InChI is InChI=1S/C14H21F3N2O/c1-10(2)9-20-7-3-6-19-13-5-4-11(18)8-12(13)14(15,16)17/h4-5,8,10,19H,3,6-7,9,18H2,1-2H3. The van der Waals surface area contributed by atoms with E-state index >= 15 is 0 Å². The molecule has 0 aromatic heterocycles. The Balaban J connectivity index is 2.48. The fraction of sp³-hybridized carbons (Fsp3) is 0.571. The lowest BCUT2D eigenvalue weighted by atomic mass is 10.1. The number of anilines is 2. The van der Waals surface area contributed by atoms with Gasteiger partial charge in [-0.15, -0.1) is 0 Å². The lowest BCUT2D eigenvalue weighted by molar-refractivity contribution is -0.136. The van der Waals surface area contributed by atoms with Crippen molar-refractivity contribution < 1.29 is 17.9 Å². The van der Waals surface area contributed by atoms with Crippen molar-refractivity contribution in [1.82, 2.24) is 0 Å². The van der Waals surface area contributed by atoms with E-state index in [4.69, 9.17) is 10.5 Å². The quantitative estimate of drug-likeness (QED) is 0.593. The maximum atomic E-state index is 12.8. The summed E-state index contributed by atoms with van der Waals surface area (Å²) >= 11 is 0. The van der Waals surface area contributed by atoms with Crippen LogP contribution in [0.15, 0.2) is 18.2 Å². The fourth-order valence-electron chi connectivity index (χ4n) is 1.67. The van der Waals surface area contributed by atoms with E-state index in [1.54, 1.807) is 0 Å². The van der Waals surface area contributed by atoms with Gasteiger partial charge in [0, 0.05) is 31.1 Å². The van der Waals surface area contributed by atoms with Crippen LogP contribution in [-0.4, -0.2) is 19.8 Å². The average molecular weight is 290 g/mol. The molecule has 0 radical (unpaired) electrons. The maximum absolute atomic E-state index is 12.8. The van der Waals surface area contributed by atoms with E-state index in [0.29, 0.717) is 32.1 Å². The van der Waals surface area contributed by atoms with Crippen LogP contribution < -0.4 is 11.1 Å². The van der Waals surface area contributed by atoms with Crippen molar-refractivity contribution in [3.8, 4) is 0 Å². The average Bonchev–Trinajstić information content (AvgIpc) is 2.33. The number of rotatable bonds is 7. The first-order chi connectivity index (χ1) is 9.30. The van der Waals surface area contributed by atoms with Gasteiger partial charge in [0.15, 0.2) is 0 Å². The highest BCUT2D eigenvalue weighted by molar-refractivity contribution is 5.59. The topological polar surface area (TPSA) is 47.3 Å². The molecule has 0 saturated carbocycles. The van der Waals surface area contributed by atoms with Crippen LogP contribution in [0.3, 0.4) is 0 Å². The first-order valence-electron chi connectivity index (χ1n) is 6.59. The molecule has 0 spiro atoms. The van der Waals surface area contributed by atoms with Crippen molar-refractivity contribution in [3.63, 3.8) is 0 Å². The molecule has 0 aliphatic carbocycles. The molecule has 0 unspecified atom stereocenters. The van der Waals surface area contributed by atoms with Crippen LogP contribution in [0, 0.1) is 5.92 Å². The van der Waals surface area contributed by atoms with Gasteiger partial charge in [0.2, 0.25) is 0 Å². The normalized spacial score (nSPS) is 11.9. The monoisotopic (exact) mass is 290 g/mol. The van der Waals surface area contributed by atoms with Gasteiger partial charge >= 0.3 is 6.18 Å². The third-order valence-corrected chi connectivity index (χ3v) is 2.58. The minimum atomic E-state index is -4.41. The van der Waals surface area contributed by atoms with E-state index in [-0.39, 0.29) is 11.4 Å². The zero-order valence-corrected chi connectivity index (χ0v) is 11.8. The van der Waals surface area contributed by atoms with E-state index in [9.17, 15) is 13.2 Å². The number of ether oxygens (including phenoxy) is 1. The lowest BCUT2D eigenvalue weighted by Gasteiger charge is -2.15. The van der Waals surface area contributed by atoms with Crippen LogP contribution in [0.5, 0.6) is 0 Å². The predicted octanol–water partition coefficient (Wildman–Crippen LogP) is 3.76. The number of alkyl halides is 3. The number of nitrogen functional groups attached to an aromatic ring is 1. The summed E-state index contributed by atoms with van der Waals surface area (Å²) in [5, 5.41) is 2.78. The molecule has 0 aliphatic heterocycles. The summed E-state index contributed by atoms with van der Waals surface area (Å²) in [7, 11) is 0. The van der Waals surface area contributed by atoms with Crippen molar-refractivity contribution in [2.24, 2.45) is 5.92 Å². The van der Waals surface area contributed by atoms with Crippen molar-refractivity contribution >= 4 is 11.4 Å². The second-order valence-corrected chi connectivity index (χ2v) is 5.05. The highest BCUT2D eigenvalue weighted by Gasteiger charge is 2.33. The Morgan fingerprint density at radius 2 is 2.00 bits per heavy atom. The molecule has 6 heteroatoms. The molecule has 20 heavy (non-hydrogen) atoms. The van der Waals surface area contributed by atoms with E-state index < -0.39 is 11.7 Å². The van der Waals surface area contributed by atoms with Crippen LogP contribution in [0.25, 0.3) is 0 Å². The van der Waals surface area contributed by atoms with Gasteiger partial charge in [0.05, 0.1) is 5.56 Å². The molecule has 1 aromatic carbocycles. The zero-order chi connectivity index (χ0) is 15.2. The van der Waals surface area contributed by atoms with Crippen LogP contribution >= 0.6 is 0 Å². The number of halogens is 3. The van der Waals surface area contributed by atoms with Crippen molar-refractivity contribution in [2.45, 2.75) is 26.4 Å². The highest BCUT2D eigenvalue weighted by atomic mass is 19.4. The van der Waals surface area contributed by atoms with Gasteiger partial charge in [0.25, 0.3) is 0 Å². The second kappa shape index (κ2) is 7.38. The molecule has 0 bridgehead atoms. The summed E-state index contributed by atoms with van der Waals surface area (Å²) in [5.74, 6) is 0.455. The summed E-state index contributed by atoms with van der Waals surface area (Å²) in [6.07, 6.45) is -3.76. The number of benzene rings is 1. The van der Waals surface area contributed by atoms with Crippen LogP contribution in [0.4, 0.5) is 24.5 Å². The summed E-state index contributed by atoms with van der Waals surface area (Å²) in [4.78, 5) is 0. The molecule has 0 saturated heterocycles. The SMILES string of the molecule is CC(C)COCCCNc1ccc(N)cc1C(F)(F)F. The van der Waals surface area contributed by atoms with Crippen molar-refractivity contribution in [3.05, 3.63) is 23.8 Å². The third-order valence-electron chi connectivity index (χ3n) is 2.58. The lowest BCUT2D eigenvalue weighted by Crippen LogP contribution is -2.13. The molecule has 3 nitrogen and oxygen atoms in total. The number of nitrogens with one attached hydrogen (secondary N) is 1. The van der Waals surface area contributed by atoms with Crippen LogP contribution in [0.2, 0.25) is 0 Å². The van der Waals surface area contributed by atoms with Gasteiger partial charge in [-0.1, -0.05) is 13.8 Å². The molecular formula is C14H21F3N2O. The van der Waals surface area contributed by atoms with Crippen LogP contribution in [0.1, 0.15) is 25.8 Å². The molecule has 1 rings (SSSR count). The smallest absolute Gasteiger partial charge is 0.399 e. The molecule has 0 heterocycles. The Kier molecular flexibility index (Phi) is 6.13. The molecular weight excluding hydrogens is 269 g/mol. The zero-order valence-electron chi connectivity index (χ0n) is 11.8. The molecule has 0 fully saturated rings. The minimum Gasteiger partial charge on any atom is -0.399 e. The molecule has 0 atom stereocenters. The first-order valence-corrected chi connectivity index (χ1v) is 6.59. The largest absolute Gasteiger partial charge is 0.418 e. The third kappa shape index (κ3) is 5.69. The minimum absolute atomic E-state index is 0.0514. The fourth-order valence-corrected chi connectivity index (χ4v) is 1.67. The van der Waals surface area contributed by atoms with Gasteiger partial charge in [-0.2, -0.15) is 13.2 Å². The summed E-state index contributed by atoms with van der Waals surface area (Å²) in [6, 6.07) is 3.75. The number of hydrogen-bond acceptors (Lipinski definition) is 3. The Bertz CT molecular complexity index is 419. The molecule has 3 N–H and O–H groups in total. The highest BCUT2D eigenvalue weighted by Crippen LogP contribution is 2.35. The predicted molar refractivity (Wildman–Crippen MR) is 74.6 cm³/mol. The number of nitrogens with two attached hydrogens (primary N) is 1. The van der Waals surface area contributed by atoms with E-state index in [1.165, 1.54) is 12.1 Å². The Labute approximate surface area is 117 Å². The molecule has 1 aromatic rings. The first kappa shape index (κ1) is 16.6. The summed E-state index contributed by atoms with van der Waals surface area (Å²) in [6.45, 7) is 5.70. The van der Waals surface area contributed by atoms with E-state index in [1.807, 2.05) is 13.8 Å². The Morgan fingerprint density at radius 1 is 1.30 bits per heavy atom. The van der Waals surface area contributed by atoms with Crippen molar-refractivity contribution in [2.75, 3.05) is 30.8 Å². The van der Waals surface area contributed by atoms with Crippen molar-refractivity contribution in [1.29, 1.82) is 0 Å². The molecule has 0 amide bonds. The van der Waals surface area contributed by atoms with E-state index in [0.717, 1.165) is 6.07 Å². The Hall–Kier alpha value is -1.43. The van der Waals surface area contributed by atoms with Gasteiger partial charge in [0.1, 0.15) is 0 Å². The molecule has 114 valence electrons. The Morgan fingerprint density at radius 3 is 2.60 bits per heavy atom. The van der Waals surface area contributed by atoms with Gasteiger partial charge in [-0.05, 0) is 30.5 Å². The summed E-state index contributed by atoms with van der Waals surface area (Å²) < 4.78 is 43.8. The molecule has 0 aliphatic rings. The van der Waals surface area contributed by atoms with Gasteiger partial charge in [-0.3, -0.25) is 0 Å². The number of hydrogen-bond donors (Lipinski definition) is 2. The maximum Gasteiger partial charge on any atom is 0.418 e. The van der Waals surface area contributed by atoms with Gasteiger partial charge in [-0.25, -0.2) is 0 Å².